The van der Waals surface area contributed by atoms with Crippen LogP contribution < -0.4 is 10.1 Å². The third-order valence-corrected chi connectivity index (χ3v) is 5.46. The number of fused-ring (bicyclic) bond motifs is 1. The Labute approximate surface area is 188 Å². The molecule has 0 unspecified atom stereocenters. The van der Waals surface area contributed by atoms with Crippen LogP contribution in [0.2, 0.25) is 5.02 Å². The number of nitrogens with zero attached hydrogens (tertiary/aromatic N) is 1. The summed E-state index contributed by atoms with van der Waals surface area (Å²) in [5.41, 5.74) is 3.05. The summed E-state index contributed by atoms with van der Waals surface area (Å²) in [5.74, 6) is 0.601. The van der Waals surface area contributed by atoms with Gasteiger partial charge in [-0.05, 0) is 64.5 Å². The Bertz CT molecular complexity index is 1240. The highest BCUT2D eigenvalue weighted by Crippen LogP contribution is 2.33. The molecular weight excluding hydrogens is 524 g/mol. The monoisotopic (exact) mass is 534 g/mol. The minimum Gasteiger partial charge on any atom is -0.495 e. The van der Waals surface area contributed by atoms with Gasteiger partial charge in [0.2, 0.25) is 5.89 Å². The van der Waals surface area contributed by atoms with Crippen LogP contribution in [-0.2, 0) is 0 Å². The van der Waals surface area contributed by atoms with Crippen LogP contribution >= 0.6 is 43.5 Å². The molecule has 0 bridgehead atoms. The molecule has 3 aromatic carbocycles. The lowest BCUT2D eigenvalue weighted by Gasteiger charge is -2.12. The number of oxazole rings is 1. The van der Waals surface area contributed by atoms with Gasteiger partial charge in [-0.15, -0.1) is 0 Å². The average Bonchev–Trinajstić information content (AvgIpc) is 3.11. The normalized spacial score (nSPS) is 10.9. The highest BCUT2D eigenvalue weighted by molar-refractivity contribution is 9.11. The van der Waals surface area contributed by atoms with E-state index in [1.54, 1.807) is 36.4 Å². The van der Waals surface area contributed by atoms with Crippen LogP contribution in [0.1, 0.15) is 10.4 Å². The van der Waals surface area contributed by atoms with Crippen molar-refractivity contribution in [3.63, 3.8) is 0 Å². The Balaban J connectivity index is 1.65. The van der Waals surface area contributed by atoms with E-state index in [0.29, 0.717) is 43.5 Å². The van der Waals surface area contributed by atoms with Gasteiger partial charge in [-0.2, -0.15) is 0 Å². The number of benzene rings is 3. The standard InChI is InChI=1S/C21H13Br2ClN2O3/c1-28-19-15(8-12(22)9-16(19)23)20(27)25-14-4-2-3-11(7-14)21-26-17-10-13(24)5-6-18(17)29-21/h2-10H,1H3,(H,25,27). The number of anilines is 1. The lowest BCUT2D eigenvalue weighted by molar-refractivity contribution is 0.102. The first-order chi connectivity index (χ1) is 13.9. The van der Waals surface area contributed by atoms with Gasteiger partial charge in [0.05, 0.1) is 17.1 Å². The number of nitrogens with one attached hydrogen (secondary N) is 1. The number of methoxy groups -OCH3 is 1. The Morgan fingerprint density at radius 2 is 1.97 bits per heavy atom. The molecule has 0 radical (unpaired) electrons. The van der Waals surface area contributed by atoms with Crippen LogP contribution in [0.3, 0.4) is 0 Å². The van der Waals surface area contributed by atoms with Crippen LogP contribution in [-0.4, -0.2) is 18.0 Å². The van der Waals surface area contributed by atoms with Crippen molar-refractivity contribution in [3.05, 3.63) is 74.1 Å². The van der Waals surface area contributed by atoms with Crippen molar-refractivity contribution >= 4 is 66.2 Å². The zero-order valence-corrected chi connectivity index (χ0v) is 18.9. The Morgan fingerprint density at radius 3 is 2.76 bits per heavy atom. The number of carbonyl (C=O) groups excluding carboxylic acids is 1. The summed E-state index contributed by atoms with van der Waals surface area (Å²) in [6, 6.07) is 16.1. The largest absolute Gasteiger partial charge is 0.495 e. The zero-order valence-electron chi connectivity index (χ0n) is 15.0. The number of amides is 1. The van der Waals surface area contributed by atoms with E-state index >= 15 is 0 Å². The van der Waals surface area contributed by atoms with Gasteiger partial charge in [-0.25, -0.2) is 4.98 Å². The summed E-state index contributed by atoms with van der Waals surface area (Å²) < 4.78 is 12.6. The first kappa shape index (κ1) is 19.9. The molecule has 5 nitrogen and oxygen atoms in total. The molecule has 4 rings (SSSR count). The number of ether oxygens (including phenoxy) is 1. The van der Waals surface area contributed by atoms with Crippen molar-refractivity contribution in [1.82, 2.24) is 4.98 Å². The van der Waals surface area contributed by atoms with Gasteiger partial charge in [-0.3, -0.25) is 4.79 Å². The first-order valence-corrected chi connectivity index (χ1v) is 10.4. The molecule has 0 fully saturated rings. The van der Waals surface area contributed by atoms with Gasteiger partial charge in [-0.1, -0.05) is 33.6 Å². The summed E-state index contributed by atoms with van der Waals surface area (Å²) in [7, 11) is 1.52. The molecular formula is C21H13Br2ClN2O3. The number of hydrogen-bond donors (Lipinski definition) is 1. The van der Waals surface area contributed by atoms with E-state index in [0.717, 1.165) is 10.0 Å². The minimum absolute atomic E-state index is 0.301. The molecule has 4 aromatic rings. The number of carbonyl (C=O) groups is 1. The van der Waals surface area contributed by atoms with Gasteiger partial charge < -0.3 is 14.5 Å². The Kier molecular flexibility index (Phi) is 5.63. The Morgan fingerprint density at radius 1 is 1.14 bits per heavy atom. The molecule has 0 saturated heterocycles. The first-order valence-electron chi connectivity index (χ1n) is 8.45. The van der Waals surface area contributed by atoms with E-state index in [4.69, 9.17) is 20.8 Å². The molecule has 0 spiro atoms. The fraction of sp³-hybridized carbons (Fsp3) is 0.0476. The summed E-state index contributed by atoms with van der Waals surface area (Å²) in [6.45, 7) is 0. The van der Waals surface area contributed by atoms with Crippen molar-refractivity contribution in [3.8, 4) is 17.2 Å². The molecule has 1 amide bonds. The highest BCUT2D eigenvalue weighted by Gasteiger charge is 2.17. The van der Waals surface area contributed by atoms with E-state index in [9.17, 15) is 4.79 Å². The summed E-state index contributed by atoms with van der Waals surface area (Å²) in [5, 5.41) is 3.48. The zero-order chi connectivity index (χ0) is 20.5. The summed E-state index contributed by atoms with van der Waals surface area (Å²) in [6.07, 6.45) is 0. The molecule has 1 aromatic heterocycles. The molecule has 0 aliphatic heterocycles. The predicted octanol–water partition coefficient (Wildman–Crippen LogP) is 6.93. The molecule has 0 aliphatic carbocycles. The Hall–Kier alpha value is -2.35. The van der Waals surface area contributed by atoms with E-state index in [1.807, 2.05) is 18.2 Å². The third kappa shape index (κ3) is 4.17. The quantitative estimate of drug-likeness (QED) is 0.307. The fourth-order valence-corrected chi connectivity index (χ4v) is 4.44. The molecule has 8 heteroatoms. The maximum atomic E-state index is 12.8. The lowest BCUT2D eigenvalue weighted by Crippen LogP contribution is -2.13. The summed E-state index contributed by atoms with van der Waals surface area (Å²) >= 11 is 12.8. The van der Waals surface area contributed by atoms with Gasteiger partial charge in [0, 0.05) is 20.7 Å². The second-order valence-electron chi connectivity index (χ2n) is 6.13. The topological polar surface area (TPSA) is 64.4 Å². The van der Waals surface area contributed by atoms with E-state index < -0.39 is 0 Å². The van der Waals surface area contributed by atoms with Crippen molar-refractivity contribution < 1.29 is 13.9 Å². The van der Waals surface area contributed by atoms with Crippen LogP contribution in [0.15, 0.2) is 68.0 Å². The third-order valence-electron chi connectivity index (χ3n) is 4.17. The number of rotatable bonds is 4. The van der Waals surface area contributed by atoms with Crippen LogP contribution in [0, 0.1) is 0 Å². The lowest BCUT2D eigenvalue weighted by atomic mass is 10.1. The molecule has 146 valence electrons. The van der Waals surface area contributed by atoms with Crippen molar-refractivity contribution in [2.75, 3.05) is 12.4 Å². The van der Waals surface area contributed by atoms with Crippen LogP contribution in [0.5, 0.6) is 5.75 Å². The average molecular weight is 537 g/mol. The van der Waals surface area contributed by atoms with Crippen molar-refractivity contribution in [2.45, 2.75) is 0 Å². The van der Waals surface area contributed by atoms with Gasteiger partial charge >= 0.3 is 0 Å². The van der Waals surface area contributed by atoms with Gasteiger partial charge in [0.15, 0.2) is 5.58 Å². The highest BCUT2D eigenvalue weighted by atomic mass is 79.9. The second-order valence-corrected chi connectivity index (χ2v) is 8.34. The molecule has 0 saturated carbocycles. The molecule has 0 aliphatic rings. The molecule has 0 atom stereocenters. The number of aromatic nitrogens is 1. The second kappa shape index (κ2) is 8.18. The SMILES string of the molecule is COc1c(Br)cc(Br)cc1C(=O)Nc1cccc(-c2nc3cc(Cl)ccc3o2)c1. The number of halogens is 3. The van der Waals surface area contributed by atoms with E-state index in [-0.39, 0.29) is 5.91 Å². The molecule has 29 heavy (non-hydrogen) atoms. The molecule has 1 heterocycles. The van der Waals surface area contributed by atoms with Crippen molar-refractivity contribution in [2.24, 2.45) is 0 Å². The number of hydrogen-bond acceptors (Lipinski definition) is 4. The summed E-state index contributed by atoms with van der Waals surface area (Å²) in [4.78, 5) is 17.3. The van der Waals surface area contributed by atoms with E-state index in [1.165, 1.54) is 7.11 Å². The minimum atomic E-state index is -0.301. The van der Waals surface area contributed by atoms with Crippen LogP contribution in [0.4, 0.5) is 5.69 Å². The van der Waals surface area contributed by atoms with Crippen molar-refractivity contribution in [1.29, 1.82) is 0 Å². The maximum absolute atomic E-state index is 12.8. The maximum Gasteiger partial charge on any atom is 0.259 e. The fourth-order valence-electron chi connectivity index (χ4n) is 2.89. The predicted molar refractivity (Wildman–Crippen MR) is 121 cm³/mol. The smallest absolute Gasteiger partial charge is 0.259 e. The van der Waals surface area contributed by atoms with E-state index in [2.05, 4.69) is 42.2 Å². The van der Waals surface area contributed by atoms with Gasteiger partial charge in [0.1, 0.15) is 11.3 Å². The van der Waals surface area contributed by atoms with Gasteiger partial charge in [0.25, 0.3) is 5.91 Å². The molecule has 1 N–H and O–H groups in total. The van der Waals surface area contributed by atoms with Crippen LogP contribution in [0.25, 0.3) is 22.6 Å².